The molecule has 0 unspecified atom stereocenters. The molecule has 0 bridgehead atoms. The number of oxazole rings is 1. The lowest BCUT2D eigenvalue weighted by Crippen LogP contribution is -2.12. The highest BCUT2D eigenvalue weighted by atomic mass is 35.5. The number of rotatable bonds is 7. The Kier molecular flexibility index (Phi) is 7.34. The predicted octanol–water partition coefficient (Wildman–Crippen LogP) is 7.12. The van der Waals surface area contributed by atoms with Crippen molar-refractivity contribution in [1.29, 1.82) is 0 Å². The quantitative estimate of drug-likeness (QED) is 0.149. The van der Waals surface area contributed by atoms with Gasteiger partial charge < -0.3 is 15.1 Å². The minimum absolute atomic E-state index is 0.0498. The SMILES string of the molecule is O=C(Nc1ccc(-c2nc3cc(NC(=O)c4ccc([N+](=O)[O-])cc4Cl)ccc3o2)cc1)c1ccc([N+](=O)[O-])cc1Cl. The van der Waals surface area contributed by atoms with Crippen LogP contribution in [0.3, 0.4) is 0 Å². The van der Waals surface area contributed by atoms with Crippen molar-refractivity contribution >= 4 is 68.9 Å². The van der Waals surface area contributed by atoms with Gasteiger partial charge in [0.25, 0.3) is 23.2 Å². The van der Waals surface area contributed by atoms with Crippen molar-refractivity contribution in [2.45, 2.75) is 0 Å². The van der Waals surface area contributed by atoms with E-state index >= 15 is 0 Å². The van der Waals surface area contributed by atoms with E-state index in [0.29, 0.717) is 28.0 Å². The van der Waals surface area contributed by atoms with E-state index in [2.05, 4.69) is 15.6 Å². The van der Waals surface area contributed by atoms with E-state index in [1.54, 1.807) is 42.5 Å². The van der Waals surface area contributed by atoms with E-state index in [0.717, 1.165) is 12.1 Å². The van der Waals surface area contributed by atoms with Crippen LogP contribution in [-0.4, -0.2) is 26.6 Å². The van der Waals surface area contributed by atoms with Crippen molar-refractivity contribution in [3.63, 3.8) is 0 Å². The molecule has 2 N–H and O–H groups in total. The number of hydrogen-bond acceptors (Lipinski definition) is 8. The number of carbonyl (C=O) groups excluding carboxylic acids is 2. The Balaban J connectivity index is 1.29. The number of fused-ring (bicyclic) bond motifs is 1. The van der Waals surface area contributed by atoms with Gasteiger partial charge in [0.1, 0.15) is 5.52 Å². The molecule has 0 aliphatic heterocycles. The summed E-state index contributed by atoms with van der Waals surface area (Å²) >= 11 is 12.1. The highest BCUT2D eigenvalue weighted by Crippen LogP contribution is 2.29. The Morgan fingerprint density at radius 1 is 0.707 bits per heavy atom. The molecule has 0 atom stereocenters. The number of anilines is 2. The van der Waals surface area contributed by atoms with Crippen molar-refractivity contribution in [2.24, 2.45) is 0 Å². The van der Waals surface area contributed by atoms with Crippen molar-refractivity contribution in [1.82, 2.24) is 4.98 Å². The number of non-ortho nitro benzene ring substituents is 2. The Labute approximate surface area is 239 Å². The average molecular weight is 592 g/mol. The number of aromatic nitrogens is 1. The maximum atomic E-state index is 12.7. The lowest BCUT2D eigenvalue weighted by molar-refractivity contribution is -0.385. The van der Waals surface area contributed by atoms with Crippen LogP contribution in [0, 0.1) is 20.2 Å². The molecular weight excluding hydrogens is 577 g/mol. The van der Waals surface area contributed by atoms with Gasteiger partial charge in [0, 0.05) is 41.2 Å². The molecule has 0 spiro atoms. The van der Waals surface area contributed by atoms with Gasteiger partial charge >= 0.3 is 0 Å². The Morgan fingerprint density at radius 3 is 1.73 bits per heavy atom. The molecule has 2 amide bonds. The summed E-state index contributed by atoms with van der Waals surface area (Å²) in [5, 5.41) is 27.0. The number of nitro benzene ring substituents is 2. The summed E-state index contributed by atoms with van der Waals surface area (Å²) in [4.78, 5) is 50.3. The molecule has 0 saturated heterocycles. The van der Waals surface area contributed by atoms with Crippen LogP contribution in [0.5, 0.6) is 0 Å². The number of amides is 2. The monoisotopic (exact) mass is 591 g/mol. The van der Waals surface area contributed by atoms with Gasteiger partial charge in [0.15, 0.2) is 5.58 Å². The van der Waals surface area contributed by atoms with E-state index in [1.807, 2.05) is 0 Å². The number of benzene rings is 4. The van der Waals surface area contributed by atoms with Gasteiger partial charge in [-0.3, -0.25) is 29.8 Å². The van der Waals surface area contributed by atoms with E-state index in [-0.39, 0.29) is 38.4 Å². The first-order chi connectivity index (χ1) is 19.6. The van der Waals surface area contributed by atoms with Crippen molar-refractivity contribution in [3.8, 4) is 11.5 Å². The second kappa shape index (κ2) is 11.0. The van der Waals surface area contributed by atoms with Gasteiger partial charge in [-0.15, -0.1) is 0 Å². The lowest BCUT2D eigenvalue weighted by atomic mass is 10.1. The number of nitro groups is 2. The average Bonchev–Trinajstić information content (AvgIpc) is 3.36. The number of nitrogens with zero attached hydrogens (tertiary/aromatic N) is 3. The Hall–Kier alpha value is -5.33. The molecule has 4 aromatic carbocycles. The van der Waals surface area contributed by atoms with Gasteiger partial charge in [-0.1, -0.05) is 23.2 Å². The zero-order valence-electron chi connectivity index (χ0n) is 20.5. The van der Waals surface area contributed by atoms with Crippen LogP contribution < -0.4 is 10.6 Å². The molecule has 0 fully saturated rings. The summed E-state index contributed by atoms with van der Waals surface area (Å²) < 4.78 is 5.82. The summed E-state index contributed by atoms with van der Waals surface area (Å²) in [6.07, 6.45) is 0. The van der Waals surface area contributed by atoms with Crippen LogP contribution in [0.1, 0.15) is 20.7 Å². The van der Waals surface area contributed by atoms with Gasteiger partial charge in [-0.25, -0.2) is 4.98 Å². The number of halogens is 2. The van der Waals surface area contributed by atoms with E-state index in [4.69, 9.17) is 27.6 Å². The molecular formula is C27H15Cl2N5O7. The maximum absolute atomic E-state index is 12.7. The van der Waals surface area contributed by atoms with Gasteiger partial charge in [-0.2, -0.15) is 0 Å². The molecule has 5 aromatic rings. The lowest BCUT2D eigenvalue weighted by Gasteiger charge is -2.07. The Bertz CT molecular complexity index is 1870. The highest BCUT2D eigenvalue weighted by Gasteiger charge is 2.17. The Morgan fingerprint density at radius 2 is 1.22 bits per heavy atom. The second-order valence-electron chi connectivity index (χ2n) is 8.53. The van der Waals surface area contributed by atoms with Gasteiger partial charge in [-0.05, 0) is 54.6 Å². The van der Waals surface area contributed by atoms with Gasteiger partial charge in [0.05, 0.1) is 31.0 Å². The third kappa shape index (κ3) is 5.83. The minimum Gasteiger partial charge on any atom is -0.436 e. The highest BCUT2D eigenvalue weighted by molar-refractivity contribution is 6.35. The van der Waals surface area contributed by atoms with Crippen LogP contribution >= 0.6 is 23.2 Å². The molecule has 14 heteroatoms. The fourth-order valence-electron chi connectivity index (χ4n) is 3.83. The summed E-state index contributed by atoms with van der Waals surface area (Å²) in [5.74, 6) is -0.803. The van der Waals surface area contributed by atoms with Crippen LogP contribution in [0.4, 0.5) is 22.7 Å². The largest absolute Gasteiger partial charge is 0.436 e. The molecule has 5 rings (SSSR count). The fourth-order valence-corrected chi connectivity index (χ4v) is 4.35. The van der Waals surface area contributed by atoms with Crippen LogP contribution in [0.25, 0.3) is 22.6 Å². The first kappa shape index (κ1) is 27.2. The van der Waals surface area contributed by atoms with Crippen molar-refractivity contribution in [3.05, 3.63) is 120 Å². The van der Waals surface area contributed by atoms with Crippen LogP contribution in [0.15, 0.2) is 83.3 Å². The normalized spacial score (nSPS) is 10.8. The van der Waals surface area contributed by atoms with Crippen LogP contribution in [-0.2, 0) is 0 Å². The summed E-state index contributed by atoms with van der Waals surface area (Å²) in [5.41, 5.74) is 2.06. The van der Waals surface area contributed by atoms with E-state index in [9.17, 15) is 29.8 Å². The third-order valence-electron chi connectivity index (χ3n) is 5.85. The topological polar surface area (TPSA) is 171 Å². The molecule has 41 heavy (non-hydrogen) atoms. The van der Waals surface area contributed by atoms with Crippen molar-refractivity contribution in [2.75, 3.05) is 10.6 Å². The molecule has 12 nitrogen and oxygen atoms in total. The minimum atomic E-state index is -0.606. The summed E-state index contributed by atoms with van der Waals surface area (Å²) in [7, 11) is 0. The third-order valence-corrected chi connectivity index (χ3v) is 6.48. The first-order valence-electron chi connectivity index (χ1n) is 11.6. The molecule has 0 aliphatic rings. The summed E-state index contributed by atoms with van der Waals surface area (Å²) in [6.45, 7) is 0. The zero-order valence-corrected chi connectivity index (χ0v) is 22.0. The fraction of sp³-hybridized carbons (Fsp3) is 0. The molecule has 0 aliphatic carbocycles. The smallest absolute Gasteiger partial charge is 0.270 e. The predicted molar refractivity (Wildman–Crippen MR) is 152 cm³/mol. The van der Waals surface area contributed by atoms with Crippen LogP contribution in [0.2, 0.25) is 10.0 Å². The summed E-state index contributed by atoms with van der Waals surface area (Å²) in [6, 6.07) is 18.6. The molecule has 0 radical (unpaired) electrons. The molecule has 204 valence electrons. The molecule has 1 aromatic heterocycles. The number of hydrogen-bond donors (Lipinski definition) is 2. The molecule has 1 heterocycles. The second-order valence-corrected chi connectivity index (χ2v) is 9.34. The number of nitrogens with one attached hydrogen (secondary N) is 2. The standard InChI is InChI=1S/C27H15Cl2N5O7/c28-21-12-17(33(37)38)6-8-19(21)25(35)30-15-3-1-14(2-4-15)27-32-23-11-16(5-10-24(23)41-27)31-26(36)20-9-7-18(34(39)40)13-22(20)29/h1-13H,(H,30,35)(H,31,36). The van der Waals surface area contributed by atoms with E-state index in [1.165, 1.54) is 24.3 Å². The van der Waals surface area contributed by atoms with Gasteiger partial charge in [0.2, 0.25) is 5.89 Å². The molecule has 0 saturated carbocycles. The zero-order chi connectivity index (χ0) is 29.3. The van der Waals surface area contributed by atoms with E-state index < -0.39 is 21.7 Å². The maximum Gasteiger partial charge on any atom is 0.270 e. The number of carbonyl (C=O) groups is 2. The van der Waals surface area contributed by atoms with Crippen molar-refractivity contribution < 1.29 is 23.9 Å². The first-order valence-corrected chi connectivity index (χ1v) is 12.4.